The van der Waals surface area contributed by atoms with Crippen LogP contribution in [0.4, 0.5) is 0 Å². The average molecular weight is 182 g/mol. The SMILES string of the molecule is CCC(CC#N)N1CCC[C@H]1CO. The summed E-state index contributed by atoms with van der Waals surface area (Å²) in [7, 11) is 0. The summed E-state index contributed by atoms with van der Waals surface area (Å²) in [6.07, 6.45) is 3.84. The van der Waals surface area contributed by atoms with Crippen molar-refractivity contribution in [1.29, 1.82) is 5.26 Å². The number of aliphatic hydroxyl groups excluding tert-OH is 1. The second kappa shape index (κ2) is 5.21. The Morgan fingerprint density at radius 1 is 1.69 bits per heavy atom. The van der Waals surface area contributed by atoms with Gasteiger partial charge >= 0.3 is 0 Å². The fourth-order valence-electron chi connectivity index (χ4n) is 2.14. The van der Waals surface area contributed by atoms with E-state index in [-0.39, 0.29) is 6.61 Å². The maximum Gasteiger partial charge on any atom is 0.0638 e. The number of nitriles is 1. The summed E-state index contributed by atoms with van der Waals surface area (Å²) < 4.78 is 0. The fourth-order valence-corrected chi connectivity index (χ4v) is 2.14. The molecule has 1 heterocycles. The number of aliphatic hydroxyl groups is 1. The van der Waals surface area contributed by atoms with Gasteiger partial charge in [0.25, 0.3) is 0 Å². The molecule has 13 heavy (non-hydrogen) atoms. The highest BCUT2D eigenvalue weighted by Crippen LogP contribution is 2.22. The van der Waals surface area contributed by atoms with Gasteiger partial charge in [0.05, 0.1) is 19.1 Å². The molecule has 74 valence electrons. The van der Waals surface area contributed by atoms with Crippen LogP contribution in [-0.2, 0) is 0 Å². The molecule has 0 aromatic heterocycles. The molecule has 1 N–H and O–H groups in total. The van der Waals surface area contributed by atoms with E-state index in [0.717, 1.165) is 25.8 Å². The Morgan fingerprint density at radius 3 is 3.00 bits per heavy atom. The van der Waals surface area contributed by atoms with Gasteiger partial charge in [0.1, 0.15) is 0 Å². The van der Waals surface area contributed by atoms with E-state index in [1.807, 2.05) is 0 Å². The van der Waals surface area contributed by atoms with Crippen LogP contribution in [0.25, 0.3) is 0 Å². The van der Waals surface area contributed by atoms with Crippen LogP contribution in [0.3, 0.4) is 0 Å². The van der Waals surface area contributed by atoms with E-state index >= 15 is 0 Å². The van der Waals surface area contributed by atoms with E-state index in [1.165, 1.54) is 0 Å². The summed E-state index contributed by atoms with van der Waals surface area (Å²) in [4.78, 5) is 2.29. The smallest absolute Gasteiger partial charge is 0.0638 e. The Bertz CT molecular complexity index is 188. The zero-order valence-electron chi connectivity index (χ0n) is 8.24. The molecule has 0 amide bonds. The zero-order chi connectivity index (χ0) is 9.68. The quantitative estimate of drug-likeness (QED) is 0.709. The largest absolute Gasteiger partial charge is 0.395 e. The lowest BCUT2D eigenvalue weighted by molar-refractivity contribution is 0.118. The van der Waals surface area contributed by atoms with Gasteiger partial charge < -0.3 is 5.11 Å². The number of nitrogens with zero attached hydrogens (tertiary/aromatic N) is 2. The first kappa shape index (κ1) is 10.5. The molecule has 1 aliphatic rings. The van der Waals surface area contributed by atoms with Crippen molar-refractivity contribution in [3.8, 4) is 6.07 Å². The van der Waals surface area contributed by atoms with Crippen LogP contribution in [0, 0.1) is 11.3 Å². The minimum Gasteiger partial charge on any atom is -0.395 e. The van der Waals surface area contributed by atoms with Crippen LogP contribution >= 0.6 is 0 Å². The van der Waals surface area contributed by atoms with Gasteiger partial charge in [-0.15, -0.1) is 0 Å². The third kappa shape index (κ3) is 2.43. The number of hydrogen-bond donors (Lipinski definition) is 1. The van der Waals surface area contributed by atoms with Gasteiger partial charge in [0, 0.05) is 12.1 Å². The second-order valence-corrected chi connectivity index (χ2v) is 3.64. The molecule has 0 radical (unpaired) electrons. The van der Waals surface area contributed by atoms with Crippen molar-refractivity contribution < 1.29 is 5.11 Å². The Morgan fingerprint density at radius 2 is 2.46 bits per heavy atom. The Kier molecular flexibility index (Phi) is 4.20. The van der Waals surface area contributed by atoms with Crippen molar-refractivity contribution in [1.82, 2.24) is 4.90 Å². The van der Waals surface area contributed by atoms with Crippen LogP contribution < -0.4 is 0 Å². The molecule has 1 rings (SSSR count). The highest BCUT2D eigenvalue weighted by Gasteiger charge is 2.28. The van der Waals surface area contributed by atoms with Gasteiger partial charge in [-0.25, -0.2) is 0 Å². The molecule has 3 nitrogen and oxygen atoms in total. The van der Waals surface area contributed by atoms with Crippen molar-refractivity contribution >= 4 is 0 Å². The summed E-state index contributed by atoms with van der Waals surface area (Å²) in [6.45, 7) is 3.39. The molecule has 1 saturated heterocycles. The second-order valence-electron chi connectivity index (χ2n) is 3.64. The van der Waals surface area contributed by atoms with Crippen LogP contribution in [0.5, 0.6) is 0 Å². The first-order valence-corrected chi connectivity index (χ1v) is 5.07. The van der Waals surface area contributed by atoms with E-state index in [4.69, 9.17) is 10.4 Å². The predicted molar refractivity (Wildman–Crippen MR) is 51.1 cm³/mol. The highest BCUT2D eigenvalue weighted by molar-refractivity contribution is 4.88. The molecule has 0 bridgehead atoms. The summed E-state index contributed by atoms with van der Waals surface area (Å²) in [5, 5.41) is 17.8. The zero-order valence-corrected chi connectivity index (χ0v) is 8.24. The molecular formula is C10H18N2O. The van der Waals surface area contributed by atoms with Gasteiger partial charge in [-0.3, -0.25) is 4.90 Å². The van der Waals surface area contributed by atoms with E-state index in [0.29, 0.717) is 18.5 Å². The van der Waals surface area contributed by atoms with Crippen molar-refractivity contribution in [3.63, 3.8) is 0 Å². The molecule has 1 unspecified atom stereocenters. The summed E-state index contributed by atoms with van der Waals surface area (Å²) in [5.41, 5.74) is 0. The monoisotopic (exact) mass is 182 g/mol. The highest BCUT2D eigenvalue weighted by atomic mass is 16.3. The third-order valence-corrected chi connectivity index (χ3v) is 2.90. The van der Waals surface area contributed by atoms with Crippen molar-refractivity contribution in [2.45, 2.75) is 44.7 Å². The maximum atomic E-state index is 9.12. The molecule has 0 saturated carbocycles. The van der Waals surface area contributed by atoms with Crippen LogP contribution in [0.1, 0.15) is 32.6 Å². The Labute approximate surface area is 80.0 Å². The molecule has 2 atom stereocenters. The molecule has 1 fully saturated rings. The first-order valence-electron chi connectivity index (χ1n) is 5.07. The summed E-state index contributed by atoms with van der Waals surface area (Å²) in [6, 6.07) is 2.87. The van der Waals surface area contributed by atoms with Gasteiger partial charge in [-0.1, -0.05) is 6.92 Å². The number of likely N-dealkylation sites (tertiary alicyclic amines) is 1. The van der Waals surface area contributed by atoms with E-state index in [1.54, 1.807) is 0 Å². The topological polar surface area (TPSA) is 47.3 Å². The molecule has 0 aromatic rings. The third-order valence-electron chi connectivity index (χ3n) is 2.90. The maximum absolute atomic E-state index is 9.12. The lowest BCUT2D eigenvalue weighted by Crippen LogP contribution is -2.40. The Balaban J connectivity index is 2.52. The van der Waals surface area contributed by atoms with Crippen LogP contribution in [0.15, 0.2) is 0 Å². The molecule has 0 spiro atoms. The molecule has 1 aliphatic heterocycles. The lowest BCUT2D eigenvalue weighted by Gasteiger charge is -2.29. The molecule has 0 aromatic carbocycles. The summed E-state index contributed by atoms with van der Waals surface area (Å²) >= 11 is 0. The van der Waals surface area contributed by atoms with E-state index in [2.05, 4.69) is 17.9 Å². The van der Waals surface area contributed by atoms with Gasteiger partial charge in [0.2, 0.25) is 0 Å². The molecule has 0 aliphatic carbocycles. The number of rotatable bonds is 4. The normalized spacial score (nSPS) is 25.8. The van der Waals surface area contributed by atoms with E-state index < -0.39 is 0 Å². The van der Waals surface area contributed by atoms with Crippen molar-refractivity contribution in [2.75, 3.05) is 13.2 Å². The van der Waals surface area contributed by atoms with Gasteiger partial charge in [-0.05, 0) is 25.8 Å². The van der Waals surface area contributed by atoms with Gasteiger partial charge in [-0.2, -0.15) is 5.26 Å². The predicted octanol–water partition coefficient (Wildman–Crippen LogP) is 1.14. The van der Waals surface area contributed by atoms with Crippen molar-refractivity contribution in [2.24, 2.45) is 0 Å². The minimum absolute atomic E-state index is 0.238. The van der Waals surface area contributed by atoms with Crippen LogP contribution in [-0.4, -0.2) is 35.2 Å². The minimum atomic E-state index is 0.238. The van der Waals surface area contributed by atoms with Crippen molar-refractivity contribution in [3.05, 3.63) is 0 Å². The Hall–Kier alpha value is -0.590. The first-order chi connectivity index (χ1) is 6.33. The molecular weight excluding hydrogens is 164 g/mol. The van der Waals surface area contributed by atoms with Gasteiger partial charge in [0.15, 0.2) is 0 Å². The molecule has 3 heteroatoms. The van der Waals surface area contributed by atoms with Crippen LogP contribution in [0.2, 0.25) is 0 Å². The summed E-state index contributed by atoms with van der Waals surface area (Å²) in [5.74, 6) is 0. The number of hydrogen-bond acceptors (Lipinski definition) is 3. The standard InChI is InChI=1S/C10H18N2O/c1-2-9(5-6-11)12-7-3-4-10(12)8-13/h9-10,13H,2-5,7-8H2,1H3/t9?,10-/m0/s1. The fraction of sp³-hybridized carbons (Fsp3) is 0.900. The lowest BCUT2D eigenvalue weighted by atomic mass is 10.1. The average Bonchev–Trinajstić information content (AvgIpc) is 2.61. The van der Waals surface area contributed by atoms with E-state index in [9.17, 15) is 0 Å².